The van der Waals surface area contributed by atoms with Crippen molar-refractivity contribution >= 4 is 5.91 Å². The van der Waals surface area contributed by atoms with Crippen LogP contribution in [0.15, 0.2) is 48.5 Å². The molecule has 6 nitrogen and oxygen atoms in total. The molecule has 3 aromatic rings. The Balaban J connectivity index is 1.51. The number of carbonyl (C=O) groups is 1. The first kappa shape index (κ1) is 20.7. The van der Waals surface area contributed by atoms with Crippen LogP contribution in [0.3, 0.4) is 0 Å². The average molecular weight is 392 g/mol. The normalized spacial score (nSPS) is 11.1. The van der Waals surface area contributed by atoms with Gasteiger partial charge >= 0.3 is 0 Å². The van der Waals surface area contributed by atoms with Crippen molar-refractivity contribution in [3.8, 4) is 5.69 Å². The molecule has 152 valence electrons. The molecule has 0 saturated heterocycles. The summed E-state index contributed by atoms with van der Waals surface area (Å²) < 4.78 is 0. The van der Waals surface area contributed by atoms with Crippen LogP contribution in [-0.2, 0) is 6.54 Å². The van der Waals surface area contributed by atoms with Crippen molar-refractivity contribution in [3.05, 3.63) is 76.6 Å². The minimum atomic E-state index is -0.177. The molecule has 1 heterocycles. The fraction of sp³-hybridized carbons (Fsp3) is 0.348. The van der Waals surface area contributed by atoms with Gasteiger partial charge in [-0.25, -0.2) is 0 Å². The van der Waals surface area contributed by atoms with Crippen molar-refractivity contribution in [3.63, 3.8) is 0 Å². The van der Waals surface area contributed by atoms with Gasteiger partial charge in [0.25, 0.3) is 5.91 Å². The van der Waals surface area contributed by atoms with Crippen molar-refractivity contribution in [1.82, 2.24) is 25.2 Å². The van der Waals surface area contributed by atoms with Gasteiger partial charge in [0.15, 0.2) is 5.69 Å². The third-order valence-electron chi connectivity index (χ3n) is 4.86. The van der Waals surface area contributed by atoms with E-state index in [1.54, 1.807) is 4.80 Å². The van der Waals surface area contributed by atoms with E-state index >= 15 is 0 Å². The highest BCUT2D eigenvalue weighted by Gasteiger charge is 2.16. The van der Waals surface area contributed by atoms with Gasteiger partial charge < -0.3 is 10.2 Å². The molecule has 0 bridgehead atoms. The van der Waals surface area contributed by atoms with Crippen molar-refractivity contribution in [2.24, 2.45) is 0 Å². The van der Waals surface area contributed by atoms with Crippen molar-refractivity contribution in [2.45, 2.75) is 33.7 Å². The summed E-state index contributed by atoms with van der Waals surface area (Å²) in [6.45, 7) is 8.30. The number of nitrogens with one attached hydrogen (secondary N) is 1. The summed E-state index contributed by atoms with van der Waals surface area (Å²) in [7, 11) is 2.09. The molecule has 0 spiro atoms. The van der Waals surface area contributed by atoms with E-state index in [0.29, 0.717) is 17.9 Å². The summed E-state index contributed by atoms with van der Waals surface area (Å²) in [5, 5.41) is 11.8. The lowest BCUT2D eigenvalue weighted by molar-refractivity contribution is 0.0946. The smallest absolute Gasteiger partial charge is 0.273 e. The molecule has 0 radical (unpaired) electrons. The Hall–Kier alpha value is -2.99. The highest BCUT2D eigenvalue weighted by molar-refractivity contribution is 5.93. The van der Waals surface area contributed by atoms with E-state index < -0.39 is 0 Å². The second kappa shape index (κ2) is 9.47. The Bertz CT molecular complexity index is 965. The standard InChI is InChI=1S/C23H29N5O/c1-17-11-12-21(18(2)15-17)28-25-19(3)22(26-28)23(29)24-13-8-14-27(4)16-20-9-6-5-7-10-20/h5-7,9-12,15H,8,13-14,16H2,1-4H3,(H,24,29). The zero-order valence-corrected chi connectivity index (χ0v) is 17.6. The monoisotopic (exact) mass is 391 g/mol. The van der Waals surface area contributed by atoms with Crippen LogP contribution in [0.4, 0.5) is 0 Å². The van der Waals surface area contributed by atoms with Crippen LogP contribution >= 0.6 is 0 Å². The van der Waals surface area contributed by atoms with Gasteiger partial charge in [0.1, 0.15) is 0 Å². The predicted octanol–water partition coefficient (Wildman–Crippen LogP) is 3.44. The SMILES string of the molecule is Cc1ccc(-n2nc(C)c(C(=O)NCCCN(C)Cc3ccccc3)n2)c(C)c1. The lowest BCUT2D eigenvalue weighted by Crippen LogP contribution is -2.28. The molecule has 1 aromatic heterocycles. The first-order valence-electron chi connectivity index (χ1n) is 9.96. The summed E-state index contributed by atoms with van der Waals surface area (Å²) in [5.74, 6) is -0.177. The predicted molar refractivity (Wildman–Crippen MR) is 115 cm³/mol. The topological polar surface area (TPSA) is 63.1 Å². The summed E-state index contributed by atoms with van der Waals surface area (Å²) in [5.41, 5.74) is 5.45. The van der Waals surface area contributed by atoms with Gasteiger partial charge in [-0.2, -0.15) is 9.90 Å². The molecular formula is C23H29N5O. The van der Waals surface area contributed by atoms with Gasteiger partial charge in [0, 0.05) is 13.1 Å². The summed E-state index contributed by atoms with van der Waals surface area (Å²) in [4.78, 5) is 16.3. The fourth-order valence-electron chi connectivity index (χ4n) is 3.33. The van der Waals surface area contributed by atoms with Gasteiger partial charge in [-0.15, -0.1) is 5.10 Å². The number of hydrogen-bond acceptors (Lipinski definition) is 4. The molecule has 1 amide bonds. The Morgan fingerprint density at radius 2 is 1.83 bits per heavy atom. The van der Waals surface area contributed by atoms with Gasteiger partial charge in [0.05, 0.1) is 11.4 Å². The van der Waals surface area contributed by atoms with Crippen LogP contribution in [0.1, 0.15) is 39.3 Å². The van der Waals surface area contributed by atoms with Crippen LogP contribution in [0.5, 0.6) is 0 Å². The van der Waals surface area contributed by atoms with Crippen LogP contribution in [0.2, 0.25) is 0 Å². The second-order valence-electron chi connectivity index (χ2n) is 7.55. The van der Waals surface area contributed by atoms with Crippen LogP contribution < -0.4 is 5.32 Å². The molecular weight excluding hydrogens is 362 g/mol. The summed E-state index contributed by atoms with van der Waals surface area (Å²) in [6, 6.07) is 16.5. The number of aromatic nitrogens is 3. The van der Waals surface area contributed by atoms with Crippen molar-refractivity contribution in [2.75, 3.05) is 20.1 Å². The zero-order chi connectivity index (χ0) is 20.8. The number of nitrogens with zero attached hydrogens (tertiary/aromatic N) is 4. The van der Waals surface area contributed by atoms with Gasteiger partial charge in [-0.05, 0) is 58.0 Å². The average Bonchev–Trinajstić information content (AvgIpc) is 3.07. The lowest BCUT2D eigenvalue weighted by Gasteiger charge is -2.16. The summed E-state index contributed by atoms with van der Waals surface area (Å²) >= 11 is 0. The first-order chi connectivity index (χ1) is 13.9. The first-order valence-corrected chi connectivity index (χ1v) is 9.96. The van der Waals surface area contributed by atoms with E-state index in [2.05, 4.69) is 64.7 Å². The Kier molecular flexibility index (Phi) is 6.77. The van der Waals surface area contributed by atoms with E-state index in [1.807, 2.05) is 32.0 Å². The van der Waals surface area contributed by atoms with Crippen LogP contribution in [-0.4, -0.2) is 45.9 Å². The molecule has 0 saturated carbocycles. The minimum Gasteiger partial charge on any atom is -0.351 e. The van der Waals surface area contributed by atoms with Gasteiger partial charge in [0.2, 0.25) is 0 Å². The second-order valence-corrected chi connectivity index (χ2v) is 7.55. The van der Waals surface area contributed by atoms with Crippen molar-refractivity contribution in [1.29, 1.82) is 0 Å². The maximum Gasteiger partial charge on any atom is 0.273 e. The fourth-order valence-corrected chi connectivity index (χ4v) is 3.33. The van der Waals surface area contributed by atoms with Crippen LogP contribution in [0, 0.1) is 20.8 Å². The third kappa shape index (κ3) is 5.51. The number of amides is 1. The molecule has 0 fully saturated rings. The van der Waals surface area contributed by atoms with E-state index in [9.17, 15) is 4.79 Å². The Morgan fingerprint density at radius 1 is 1.07 bits per heavy atom. The number of rotatable bonds is 8. The Morgan fingerprint density at radius 3 is 2.55 bits per heavy atom. The zero-order valence-electron chi connectivity index (χ0n) is 17.6. The van der Waals surface area contributed by atoms with E-state index in [0.717, 1.165) is 30.8 Å². The number of hydrogen-bond donors (Lipinski definition) is 1. The Labute approximate surface area is 172 Å². The molecule has 29 heavy (non-hydrogen) atoms. The highest BCUT2D eigenvalue weighted by atomic mass is 16.2. The number of aryl methyl sites for hydroxylation is 3. The highest BCUT2D eigenvalue weighted by Crippen LogP contribution is 2.15. The molecule has 0 atom stereocenters. The maximum atomic E-state index is 12.5. The molecule has 3 rings (SSSR count). The van der Waals surface area contributed by atoms with Crippen LogP contribution in [0.25, 0.3) is 5.69 Å². The molecule has 0 aliphatic carbocycles. The molecule has 1 N–H and O–H groups in total. The van der Waals surface area contributed by atoms with Crippen molar-refractivity contribution < 1.29 is 4.79 Å². The van der Waals surface area contributed by atoms with E-state index in [-0.39, 0.29) is 5.91 Å². The molecule has 0 aliphatic rings. The largest absolute Gasteiger partial charge is 0.351 e. The third-order valence-corrected chi connectivity index (χ3v) is 4.86. The number of benzene rings is 2. The minimum absolute atomic E-state index is 0.177. The van der Waals surface area contributed by atoms with E-state index in [4.69, 9.17) is 0 Å². The van der Waals surface area contributed by atoms with Gasteiger partial charge in [-0.3, -0.25) is 4.79 Å². The molecule has 0 aliphatic heterocycles. The quantitative estimate of drug-likeness (QED) is 0.598. The summed E-state index contributed by atoms with van der Waals surface area (Å²) in [6.07, 6.45) is 0.874. The number of carbonyl (C=O) groups excluding carboxylic acids is 1. The maximum absolute atomic E-state index is 12.5. The molecule has 6 heteroatoms. The van der Waals surface area contributed by atoms with Gasteiger partial charge in [-0.1, -0.05) is 48.0 Å². The molecule has 2 aromatic carbocycles. The molecule has 0 unspecified atom stereocenters. The lowest BCUT2D eigenvalue weighted by atomic mass is 10.1. The van der Waals surface area contributed by atoms with E-state index in [1.165, 1.54) is 11.1 Å².